The summed E-state index contributed by atoms with van der Waals surface area (Å²) in [4.78, 5) is 12.2. The van der Waals surface area contributed by atoms with Gasteiger partial charge in [-0.3, -0.25) is 0 Å². The molecular weight excluding hydrogens is 272 g/mol. The second-order valence-electron chi connectivity index (χ2n) is 5.18. The van der Waals surface area contributed by atoms with Gasteiger partial charge in [0.05, 0.1) is 5.39 Å². The lowest BCUT2D eigenvalue weighted by molar-refractivity contribution is 0.174. The minimum Gasteiger partial charge on any atom is -0.508 e. The lowest BCUT2D eigenvalue weighted by atomic mass is 10.00. The van der Waals surface area contributed by atoms with Gasteiger partial charge in [-0.2, -0.15) is 0 Å². The van der Waals surface area contributed by atoms with E-state index in [0.717, 1.165) is 16.3 Å². The average Bonchev–Trinajstić information content (AvgIpc) is 2.90. The number of phenolic OH excluding ortho intramolecular Hbond substituents is 1. The van der Waals surface area contributed by atoms with Gasteiger partial charge in [0.1, 0.15) is 11.3 Å². The van der Waals surface area contributed by atoms with Crippen molar-refractivity contribution in [1.29, 1.82) is 0 Å². The number of benzene rings is 2. The van der Waals surface area contributed by atoms with Gasteiger partial charge >= 0.3 is 5.63 Å². The van der Waals surface area contributed by atoms with Crippen molar-refractivity contribution in [2.45, 2.75) is 13.8 Å². The van der Waals surface area contributed by atoms with Crippen molar-refractivity contribution in [3.63, 3.8) is 0 Å². The third-order valence-corrected chi connectivity index (χ3v) is 3.90. The zero-order valence-electron chi connectivity index (χ0n) is 11.5. The molecule has 0 saturated carbocycles. The Morgan fingerprint density at radius 2 is 1.71 bits per heavy atom. The van der Waals surface area contributed by atoms with Gasteiger partial charge in [0.25, 0.3) is 0 Å². The molecule has 0 atom stereocenters. The topological polar surface area (TPSA) is 68.9 Å². The number of hydrogen-bond acceptors (Lipinski definition) is 5. The molecule has 0 bridgehead atoms. The molecule has 5 heteroatoms. The van der Waals surface area contributed by atoms with Crippen molar-refractivity contribution in [3.8, 4) is 17.2 Å². The van der Waals surface area contributed by atoms with Crippen molar-refractivity contribution in [3.05, 3.63) is 39.7 Å². The van der Waals surface area contributed by atoms with Crippen molar-refractivity contribution >= 4 is 21.7 Å². The molecule has 5 nitrogen and oxygen atoms in total. The summed E-state index contributed by atoms with van der Waals surface area (Å²) in [5, 5.41) is 11.9. The van der Waals surface area contributed by atoms with Crippen molar-refractivity contribution in [1.82, 2.24) is 0 Å². The molecule has 2 heterocycles. The molecule has 4 rings (SSSR count). The van der Waals surface area contributed by atoms with Gasteiger partial charge in [0.2, 0.25) is 6.79 Å². The number of aryl methyl sites for hydroxylation is 2. The van der Waals surface area contributed by atoms with Crippen LogP contribution in [-0.4, -0.2) is 11.9 Å². The predicted molar refractivity (Wildman–Crippen MR) is 77.3 cm³/mol. The summed E-state index contributed by atoms with van der Waals surface area (Å²) in [6, 6.07) is 5.10. The zero-order valence-corrected chi connectivity index (χ0v) is 11.5. The molecular formula is C16H12O5. The molecule has 0 unspecified atom stereocenters. The van der Waals surface area contributed by atoms with Gasteiger partial charge in [-0.15, -0.1) is 0 Å². The highest BCUT2D eigenvalue weighted by Gasteiger charge is 2.20. The minimum absolute atomic E-state index is 0.114. The van der Waals surface area contributed by atoms with Crippen LogP contribution in [0, 0.1) is 13.8 Å². The highest BCUT2D eigenvalue weighted by molar-refractivity contribution is 6.08. The van der Waals surface area contributed by atoms with E-state index in [1.165, 1.54) is 0 Å². The maximum absolute atomic E-state index is 12.2. The van der Waals surface area contributed by atoms with E-state index in [1.54, 1.807) is 25.1 Å². The van der Waals surface area contributed by atoms with E-state index >= 15 is 0 Å². The number of ether oxygens (including phenoxy) is 2. The van der Waals surface area contributed by atoms with Gasteiger partial charge < -0.3 is 19.0 Å². The van der Waals surface area contributed by atoms with Crippen LogP contribution in [0.4, 0.5) is 0 Å². The second-order valence-corrected chi connectivity index (χ2v) is 5.18. The summed E-state index contributed by atoms with van der Waals surface area (Å²) in [5.74, 6) is 1.27. The van der Waals surface area contributed by atoms with E-state index in [1.807, 2.05) is 6.92 Å². The van der Waals surface area contributed by atoms with Gasteiger partial charge in [-0.25, -0.2) is 4.79 Å². The largest absolute Gasteiger partial charge is 0.508 e. The third-order valence-electron chi connectivity index (χ3n) is 3.90. The van der Waals surface area contributed by atoms with E-state index in [0.29, 0.717) is 28.0 Å². The Bertz CT molecular complexity index is 968. The van der Waals surface area contributed by atoms with E-state index in [9.17, 15) is 9.90 Å². The zero-order chi connectivity index (χ0) is 14.7. The molecule has 3 aromatic rings. The summed E-state index contributed by atoms with van der Waals surface area (Å²) in [5.41, 5.74) is 1.33. The van der Waals surface area contributed by atoms with E-state index in [4.69, 9.17) is 13.9 Å². The Labute approximate surface area is 119 Å². The monoisotopic (exact) mass is 284 g/mol. The molecule has 106 valence electrons. The average molecular weight is 284 g/mol. The Hall–Kier alpha value is -2.69. The first kappa shape index (κ1) is 12.1. The Balaban J connectivity index is 2.29. The van der Waals surface area contributed by atoms with Crippen molar-refractivity contribution < 1.29 is 19.0 Å². The molecule has 1 aromatic heterocycles. The minimum atomic E-state index is -0.455. The van der Waals surface area contributed by atoms with Gasteiger partial charge in [-0.1, -0.05) is 0 Å². The predicted octanol–water partition coefficient (Wildman–Crippen LogP) is 3.00. The standard InChI is InChI=1S/C16H12O5/c1-7-3-11(17)8(2)15-14(7)9-4-12-13(20-6-19-12)5-10(9)16(18)21-15/h3-5,17H,6H2,1-2H3. The maximum Gasteiger partial charge on any atom is 0.344 e. The Kier molecular flexibility index (Phi) is 2.25. The van der Waals surface area contributed by atoms with Crippen LogP contribution in [0.1, 0.15) is 11.1 Å². The van der Waals surface area contributed by atoms with Crippen LogP contribution in [-0.2, 0) is 0 Å². The number of aromatic hydroxyl groups is 1. The summed E-state index contributed by atoms with van der Waals surface area (Å²) >= 11 is 0. The maximum atomic E-state index is 12.2. The molecule has 0 fully saturated rings. The summed E-state index contributed by atoms with van der Waals surface area (Å²) < 4.78 is 16.1. The van der Waals surface area contributed by atoms with Crippen molar-refractivity contribution in [2.24, 2.45) is 0 Å². The summed E-state index contributed by atoms with van der Waals surface area (Å²) in [6.07, 6.45) is 0. The highest BCUT2D eigenvalue weighted by Crippen LogP contribution is 2.39. The lowest BCUT2D eigenvalue weighted by Crippen LogP contribution is -2.01. The molecule has 0 amide bonds. The molecule has 0 aliphatic carbocycles. The smallest absolute Gasteiger partial charge is 0.344 e. The fourth-order valence-electron chi connectivity index (χ4n) is 2.80. The van der Waals surface area contributed by atoms with E-state index in [2.05, 4.69) is 0 Å². The Morgan fingerprint density at radius 1 is 1.05 bits per heavy atom. The van der Waals surface area contributed by atoms with Crippen molar-refractivity contribution in [2.75, 3.05) is 6.79 Å². The fraction of sp³-hybridized carbons (Fsp3) is 0.188. The van der Waals surface area contributed by atoms with Crippen LogP contribution in [0.3, 0.4) is 0 Å². The molecule has 0 spiro atoms. The van der Waals surface area contributed by atoms with Gasteiger partial charge in [0, 0.05) is 16.3 Å². The van der Waals surface area contributed by atoms with Crippen LogP contribution in [0.25, 0.3) is 21.7 Å². The quantitative estimate of drug-likeness (QED) is 0.507. The van der Waals surface area contributed by atoms with Crippen LogP contribution < -0.4 is 15.1 Å². The van der Waals surface area contributed by atoms with Crippen LogP contribution in [0.2, 0.25) is 0 Å². The number of fused-ring (bicyclic) bond motifs is 4. The van der Waals surface area contributed by atoms with Crippen LogP contribution in [0.5, 0.6) is 17.2 Å². The number of hydrogen-bond donors (Lipinski definition) is 1. The van der Waals surface area contributed by atoms with Crippen LogP contribution >= 0.6 is 0 Å². The lowest BCUT2D eigenvalue weighted by Gasteiger charge is -2.10. The summed E-state index contributed by atoms with van der Waals surface area (Å²) in [7, 11) is 0. The fourth-order valence-corrected chi connectivity index (χ4v) is 2.80. The first-order valence-corrected chi connectivity index (χ1v) is 6.55. The molecule has 21 heavy (non-hydrogen) atoms. The van der Waals surface area contributed by atoms with Gasteiger partial charge in [-0.05, 0) is 37.6 Å². The molecule has 0 saturated heterocycles. The molecule has 1 N–H and O–H groups in total. The summed E-state index contributed by atoms with van der Waals surface area (Å²) in [6.45, 7) is 3.73. The number of rotatable bonds is 0. The molecule has 1 aliphatic rings. The number of phenols is 1. The van der Waals surface area contributed by atoms with E-state index in [-0.39, 0.29) is 12.5 Å². The Morgan fingerprint density at radius 3 is 2.43 bits per heavy atom. The normalized spacial score (nSPS) is 13.2. The molecule has 0 radical (unpaired) electrons. The molecule has 2 aromatic carbocycles. The second kappa shape index (κ2) is 3.91. The first-order valence-electron chi connectivity index (χ1n) is 6.55. The van der Waals surface area contributed by atoms with E-state index < -0.39 is 5.63 Å². The third kappa shape index (κ3) is 1.54. The first-order chi connectivity index (χ1) is 10.1. The van der Waals surface area contributed by atoms with Crippen LogP contribution in [0.15, 0.2) is 27.4 Å². The molecule has 1 aliphatic heterocycles. The van der Waals surface area contributed by atoms with Gasteiger partial charge in [0.15, 0.2) is 11.5 Å². The highest BCUT2D eigenvalue weighted by atomic mass is 16.7. The SMILES string of the molecule is Cc1c(O)cc(C)c2c1oc(=O)c1cc3c(cc12)OCO3.